The topological polar surface area (TPSA) is 56.8 Å². The summed E-state index contributed by atoms with van der Waals surface area (Å²) in [6.07, 6.45) is 6.68. The van der Waals surface area contributed by atoms with E-state index in [1.807, 2.05) is 40.1 Å². The van der Waals surface area contributed by atoms with Gasteiger partial charge in [0.2, 0.25) is 5.91 Å². The van der Waals surface area contributed by atoms with E-state index in [0.717, 1.165) is 55.5 Å². The molecule has 158 valence electrons. The van der Waals surface area contributed by atoms with Crippen molar-refractivity contribution in [3.63, 3.8) is 0 Å². The zero-order valence-corrected chi connectivity index (χ0v) is 17.6. The van der Waals surface area contributed by atoms with E-state index in [2.05, 4.69) is 4.90 Å². The normalized spacial score (nSPS) is 20.3. The number of pyridine rings is 1. The summed E-state index contributed by atoms with van der Waals surface area (Å²) < 4.78 is 0. The Morgan fingerprint density at radius 3 is 2.23 bits per heavy atom. The molecule has 0 unspecified atom stereocenters. The summed E-state index contributed by atoms with van der Waals surface area (Å²) in [6, 6.07) is 10.0. The van der Waals surface area contributed by atoms with Gasteiger partial charge < -0.3 is 14.7 Å². The molecule has 2 aromatic rings. The maximum Gasteiger partial charge on any atom is 0.257 e. The number of carbonyl (C=O) groups excluding carboxylic acids is 2. The number of fused-ring (bicyclic) bond motifs is 1. The van der Waals surface area contributed by atoms with Crippen molar-refractivity contribution in [1.29, 1.82) is 0 Å². The molecule has 5 rings (SSSR count). The molecule has 6 nitrogen and oxygen atoms in total. The zero-order valence-electron chi connectivity index (χ0n) is 17.6. The minimum atomic E-state index is 0.0446. The molecule has 3 fully saturated rings. The number of hydrogen-bond acceptors (Lipinski definition) is 4. The summed E-state index contributed by atoms with van der Waals surface area (Å²) >= 11 is 0. The second kappa shape index (κ2) is 8.25. The molecule has 3 heterocycles. The van der Waals surface area contributed by atoms with Gasteiger partial charge in [-0.3, -0.25) is 9.59 Å². The molecule has 2 aliphatic heterocycles. The average molecular weight is 407 g/mol. The molecule has 0 radical (unpaired) electrons. The summed E-state index contributed by atoms with van der Waals surface area (Å²) in [5.41, 5.74) is 1.63. The quantitative estimate of drug-likeness (QED) is 0.785. The van der Waals surface area contributed by atoms with Crippen LogP contribution in [0.3, 0.4) is 0 Å². The Bertz CT molecular complexity index is 939. The Hall–Kier alpha value is -2.63. The molecule has 0 N–H and O–H groups in total. The highest BCUT2D eigenvalue weighted by molar-refractivity contribution is 6.02. The van der Waals surface area contributed by atoms with E-state index in [0.29, 0.717) is 37.6 Å². The number of rotatable bonds is 3. The first-order chi connectivity index (χ1) is 14.7. The van der Waals surface area contributed by atoms with Crippen molar-refractivity contribution in [2.75, 3.05) is 44.2 Å². The largest absolute Gasteiger partial charge is 0.356 e. The highest BCUT2D eigenvalue weighted by Gasteiger charge is 2.32. The lowest BCUT2D eigenvalue weighted by Gasteiger charge is -2.36. The standard InChI is InChI=1S/C24H30N4O2/c29-23(18-7-1-2-8-18)27-13-15-28(16-14-27)24(30)20-17-19-9-3-4-10-21(19)25-22(20)26-11-5-6-12-26/h3-4,9-10,17-18H,1-2,5-8,11-16H2. The Labute approximate surface area is 177 Å². The molecule has 6 heteroatoms. The predicted molar refractivity (Wildman–Crippen MR) is 118 cm³/mol. The van der Waals surface area contributed by atoms with Crippen molar-refractivity contribution in [1.82, 2.24) is 14.8 Å². The third-order valence-corrected chi connectivity index (χ3v) is 6.92. The SMILES string of the molecule is O=C(c1cc2ccccc2nc1N1CCCC1)N1CCN(C(=O)C2CCCC2)CC1. The van der Waals surface area contributed by atoms with Crippen molar-refractivity contribution in [2.45, 2.75) is 38.5 Å². The van der Waals surface area contributed by atoms with Crippen LogP contribution in [0.15, 0.2) is 30.3 Å². The summed E-state index contributed by atoms with van der Waals surface area (Å²) in [7, 11) is 0. The summed E-state index contributed by atoms with van der Waals surface area (Å²) in [5, 5.41) is 0.999. The number of para-hydroxylation sites is 1. The van der Waals surface area contributed by atoms with Gasteiger partial charge in [0.15, 0.2) is 0 Å². The zero-order chi connectivity index (χ0) is 20.5. The van der Waals surface area contributed by atoms with Crippen LogP contribution in [0, 0.1) is 5.92 Å². The lowest BCUT2D eigenvalue weighted by Crippen LogP contribution is -2.52. The number of benzene rings is 1. The second-order valence-electron chi connectivity index (χ2n) is 8.85. The van der Waals surface area contributed by atoms with Gasteiger partial charge in [-0.2, -0.15) is 0 Å². The van der Waals surface area contributed by atoms with Gasteiger partial charge in [-0.05, 0) is 37.8 Å². The van der Waals surface area contributed by atoms with E-state index in [4.69, 9.17) is 4.98 Å². The van der Waals surface area contributed by atoms with E-state index in [9.17, 15) is 9.59 Å². The van der Waals surface area contributed by atoms with Crippen molar-refractivity contribution in [2.24, 2.45) is 5.92 Å². The van der Waals surface area contributed by atoms with Crippen molar-refractivity contribution < 1.29 is 9.59 Å². The van der Waals surface area contributed by atoms with Crippen LogP contribution in [0.2, 0.25) is 0 Å². The fourth-order valence-electron chi connectivity index (χ4n) is 5.16. The number of anilines is 1. The molecule has 1 saturated carbocycles. The molecular formula is C24H30N4O2. The lowest BCUT2D eigenvalue weighted by molar-refractivity contribution is -0.136. The first kappa shape index (κ1) is 19.3. The summed E-state index contributed by atoms with van der Waals surface area (Å²) in [5.74, 6) is 1.37. The number of amides is 2. The van der Waals surface area contributed by atoms with E-state index in [1.54, 1.807) is 0 Å². The van der Waals surface area contributed by atoms with Crippen molar-refractivity contribution in [3.8, 4) is 0 Å². The molecule has 3 aliphatic rings. The minimum Gasteiger partial charge on any atom is -0.356 e. The van der Waals surface area contributed by atoms with Crippen molar-refractivity contribution >= 4 is 28.5 Å². The van der Waals surface area contributed by atoms with E-state index in [1.165, 1.54) is 12.8 Å². The first-order valence-corrected chi connectivity index (χ1v) is 11.4. The molecule has 0 spiro atoms. The molecule has 1 aliphatic carbocycles. The van der Waals surface area contributed by atoms with Crippen LogP contribution in [0.1, 0.15) is 48.9 Å². The van der Waals surface area contributed by atoms with Gasteiger partial charge in [-0.25, -0.2) is 4.98 Å². The Morgan fingerprint density at radius 1 is 0.833 bits per heavy atom. The van der Waals surface area contributed by atoms with E-state index >= 15 is 0 Å². The molecule has 2 amide bonds. The van der Waals surface area contributed by atoms with Crippen LogP contribution in [0.25, 0.3) is 10.9 Å². The lowest BCUT2D eigenvalue weighted by atomic mass is 10.1. The fraction of sp³-hybridized carbons (Fsp3) is 0.542. The van der Waals surface area contributed by atoms with Gasteiger partial charge >= 0.3 is 0 Å². The van der Waals surface area contributed by atoms with Gasteiger partial charge in [0, 0.05) is 50.6 Å². The number of piperazine rings is 1. The number of nitrogens with zero attached hydrogens (tertiary/aromatic N) is 4. The molecule has 0 bridgehead atoms. The second-order valence-corrected chi connectivity index (χ2v) is 8.85. The van der Waals surface area contributed by atoms with Crippen LogP contribution in [0.5, 0.6) is 0 Å². The van der Waals surface area contributed by atoms with Gasteiger partial charge in [-0.15, -0.1) is 0 Å². The van der Waals surface area contributed by atoms with Gasteiger partial charge in [0.05, 0.1) is 11.1 Å². The molecular weight excluding hydrogens is 376 g/mol. The number of carbonyl (C=O) groups is 2. The smallest absolute Gasteiger partial charge is 0.257 e. The third-order valence-electron chi connectivity index (χ3n) is 6.92. The fourth-order valence-corrected chi connectivity index (χ4v) is 5.16. The Kier molecular flexibility index (Phi) is 5.32. The first-order valence-electron chi connectivity index (χ1n) is 11.4. The van der Waals surface area contributed by atoms with Crippen LogP contribution < -0.4 is 4.90 Å². The molecule has 1 aromatic heterocycles. The predicted octanol–water partition coefficient (Wildman–Crippen LogP) is 3.31. The average Bonchev–Trinajstić information content (AvgIpc) is 3.52. The summed E-state index contributed by atoms with van der Waals surface area (Å²) in [4.78, 5) is 37.2. The third kappa shape index (κ3) is 3.64. The van der Waals surface area contributed by atoms with Gasteiger partial charge in [0.1, 0.15) is 5.82 Å². The monoisotopic (exact) mass is 406 g/mol. The summed E-state index contributed by atoms with van der Waals surface area (Å²) in [6.45, 7) is 4.39. The van der Waals surface area contributed by atoms with Crippen molar-refractivity contribution in [3.05, 3.63) is 35.9 Å². The molecule has 30 heavy (non-hydrogen) atoms. The number of aromatic nitrogens is 1. The Morgan fingerprint density at radius 2 is 1.50 bits per heavy atom. The maximum atomic E-state index is 13.5. The van der Waals surface area contributed by atoms with Crippen LogP contribution in [-0.2, 0) is 4.79 Å². The highest BCUT2D eigenvalue weighted by atomic mass is 16.2. The molecule has 0 atom stereocenters. The minimum absolute atomic E-state index is 0.0446. The van der Waals surface area contributed by atoms with E-state index < -0.39 is 0 Å². The molecule has 2 saturated heterocycles. The van der Waals surface area contributed by atoms with Gasteiger partial charge in [-0.1, -0.05) is 31.0 Å². The van der Waals surface area contributed by atoms with Gasteiger partial charge in [0.25, 0.3) is 5.91 Å². The maximum absolute atomic E-state index is 13.5. The van der Waals surface area contributed by atoms with Crippen LogP contribution >= 0.6 is 0 Å². The van der Waals surface area contributed by atoms with E-state index in [-0.39, 0.29) is 11.8 Å². The molecule has 1 aromatic carbocycles. The van der Waals surface area contributed by atoms with Crippen LogP contribution in [-0.4, -0.2) is 65.9 Å². The Balaban J connectivity index is 1.35. The van der Waals surface area contributed by atoms with Crippen LogP contribution in [0.4, 0.5) is 5.82 Å². The highest BCUT2D eigenvalue weighted by Crippen LogP contribution is 2.29. The number of hydrogen-bond donors (Lipinski definition) is 0.